The normalized spacial score (nSPS) is 16.2. The minimum atomic E-state index is -3.47. The Morgan fingerprint density at radius 2 is 1.83 bits per heavy atom. The number of sulfonamides is 1. The van der Waals surface area contributed by atoms with Crippen molar-refractivity contribution in [2.75, 3.05) is 26.2 Å². The predicted molar refractivity (Wildman–Crippen MR) is 90.4 cm³/mol. The van der Waals surface area contributed by atoms with E-state index in [0.29, 0.717) is 17.3 Å². The molecule has 0 unspecified atom stereocenters. The summed E-state index contributed by atoms with van der Waals surface area (Å²) in [5.74, 6) is -0.184. The van der Waals surface area contributed by atoms with Gasteiger partial charge < -0.3 is 9.47 Å². The zero-order valence-corrected chi connectivity index (χ0v) is 14.5. The fourth-order valence-electron chi connectivity index (χ4n) is 2.55. The fraction of sp³-hybridized carbons (Fsp3) is 0.333. The van der Waals surface area contributed by atoms with Gasteiger partial charge in [-0.05, 0) is 17.5 Å². The van der Waals surface area contributed by atoms with Crippen LogP contribution in [0.15, 0.2) is 50.9 Å². The summed E-state index contributed by atoms with van der Waals surface area (Å²) < 4.78 is 28.0. The number of hydrogen-bond acceptors (Lipinski definition) is 5. The summed E-state index contributed by atoms with van der Waals surface area (Å²) in [5, 5.41) is 1.73. The van der Waals surface area contributed by atoms with E-state index < -0.39 is 10.0 Å². The molecule has 0 aliphatic carbocycles. The van der Waals surface area contributed by atoms with Crippen LogP contribution < -0.4 is 5.56 Å². The lowest BCUT2D eigenvalue weighted by Crippen LogP contribution is -2.51. The Bertz CT molecular complexity index is 866. The molecule has 0 atom stereocenters. The topological polar surface area (TPSA) is 79.7 Å². The number of carbonyl (C=O) groups excluding carboxylic acids is 1. The van der Waals surface area contributed by atoms with Gasteiger partial charge in [0, 0.05) is 38.4 Å². The lowest BCUT2D eigenvalue weighted by atomic mass is 10.3. The van der Waals surface area contributed by atoms with Crippen LogP contribution in [0, 0.1) is 0 Å². The largest absolute Gasteiger partial charge is 0.339 e. The Labute approximate surface area is 143 Å². The number of hydrogen-bond donors (Lipinski definition) is 0. The van der Waals surface area contributed by atoms with Gasteiger partial charge in [0.2, 0.25) is 5.91 Å². The standard InChI is InChI=1S/C15H17N3O4S2/c19-13-4-1-2-6-17(13)12-14(20)16-7-9-18(10-8-16)24(21,22)15-5-3-11-23-15/h1-6,11H,7-10,12H2. The van der Waals surface area contributed by atoms with Crippen molar-refractivity contribution in [1.82, 2.24) is 13.8 Å². The Morgan fingerprint density at radius 1 is 1.08 bits per heavy atom. The number of rotatable bonds is 4. The maximum atomic E-state index is 12.4. The highest BCUT2D eigenvalue weighted by Gasteiger charge is 2.30. The second kappa shape index (κ2) is 6.88. The van der Waals surface area contributed by atoms with Crippen LogP contribution in [0.4, 0.5) is 0 Å². The molecule has 24 heavy (non-hydrogen) atoms. The second-order valence-electron chi connectivity index (χ2n) is 5.38. The van der Waals surface area contributed by atoms with E-state index in [4.69, 9.17) is 0 Å². The second-order valence-corrected chi connectivity index (χ2v) is 8.50. The molecular formula is C15H17N3O4S2. The first-order valence-electron chi connectivity index (χ1n) is 7.45. The summed E-state index contributed by atoms with van der Waals surface area (Å²) in [5.41, 5.74) is -0.232. The van der Waals surface area contributed by atoms with E-state index >= 15 is 0 Å². The highest BCUT2D eigenvalue weighted by atomic mass is 32.2. The average molecular weight is 367 g/mol. The van der Waals surface area contributed by atoms with Crippen molar-refractivity contribution in [1.29, 1.82) is 0 Å². The summed E-state index contributed by atoms with van der Waals surface area (Å²) in [6, 6.07) is 8.00. The van der Waals surface area contributed by atoms with Gasteiger partial charge >= 0.3 is 0 Å². The molecule has 0 N–H and O–H groups in total. The molecule has 0 saturated carbocycles. The van der Waals surface area contributed by atoms with E-state index in [2.05, 4.69) is 0 Å². The van der Waals surface area contributed by atoms with Crippen molar-refractivity contribution >= 4 is 27.3 Å². The first kappa shape index (κ1) is 16.9. The smallest absolute Gasteiger partial charge is 0.252 e. The summed E-state index contributed by atoms with van der Waals surface area (Å²) in [7, 11) is -3.47. The van der Waals surface area contributed by atoms with Gasteiger partial charge in [0.05, 0.1) is 0 Å². The number of pyridine rings is 1. The van der Waals surface area contributed by atoms with Gasteiger partial charge in [-0.25, -0.2) is 8.42 Å². The first-order chi connectivity index (χ1) is 11.5. The van der Waals surface area contributed by atoms with Gasteiger partial charge in [-0.2, -0.15) is 4.31 Å². The zero-order chi connectivity index (χ0) is 17.2. The number of amides is 1. The molecule has 3 heterocycles. The molecule has 1 amide bonds. The zero-order valence-electron chi connectivity index (χ0n) is 12.9. The van der Waals surface area contributed by atoms with Crippen molar-refractivity contribution in [3.8, 4) is 0 Å². The van der Waals surface area contributed by atoms with Crippen LogP contribution in [0.1, 0.15) is 0 Å². The summed E-state index contributed by atoms with van der Waals surface area (Å²) in [6.07, 6.45) is 1.57. The number of piperazine rings is 1. The highest BCUT2D eigenvalue weighted by Crippen LogP contribution is 2.22. The Kier molecular flexibility index (Phi) is 4.83. The molecule has 7 nitrogen and oxygen atoms in total. The Hall–Kier alpha value is -1.97. The predicted octanol–water partition coefficient (Wildman–Crippen LogP) is 0.443. The molecule has 0 spiro atoms. The van der Waals surface area contributed by atoms with Crippen LogP contribution in [0.5, 0.6) is 0 Å². The van der Waals surface area contributed by atoms with Crippen LogP contribution in [0.3, 0.4) is 0 Å². The van der Waals surface area contributed by atoms with Crippen molar-refractivity contribution in [2.24, 2.45) is 0 Å². The number of carbonyl (C=O) groups is 1. The molecule has 1 aliphatic heterocycles. The highest BCUT2D eigenvalue weighted by molar-refractivity contribution is 7.91. The monoisotopic (exact) mass is 367 g/mol. The third-order valence-electron chi connectivity index (χ3n) is 3.89. The summed E-state index contributed by atoms with van der Waals surface area (Å²) in [6.45, 7) is 1.14. The molecule has 1 fully saturated rings. The third kappa shape index (κ3) is 3.42. The van der Waals surface area contributed by atoms with Gasteiger partial charge in [0.25, 0.3) is 15.6 Å². The van der Waals surface area contributed by atoms with Crippen LogP contribution in [-0.2, 0) is 21.4 Å². The van der Waals surface area contributed by atoms with Gasteiger partial charge in [0.15, 0.2) is 0 Å². The van der Waals surface area contributed by atoms with Crippen molar-refractivity contribution in [3.05, 3.63) is 52.3 Å². The van der Waals surface area contributed by atoms with E-state index in [1.54, 1.807) is 40.7 Å². The Morgan fingerprint density at radius 3 is 2.46 bits per heavy atom. The fourth-order valence-corrected chi connectivity index (χ4v) is 5.12. The summed E-state index contributed by atoms with van der Waals surface area (Å²) >= 11 is 1.19. The van der Waals surface area contributed by atoms with Gasteiger partial charge in [-0.1, -0.05) is 12.1 Å². The van der Waals surface area contributed by atoms with Crippen LogP contribution in [-0.4, -0.2) is 54.3 Å². The number of nitrogens with zero attached hydrogens (tertiary/aromatic N) is 3. The van der Waals surface area contributed by atoms with Crippen LogP contribution in [0.2, 0.25) is 0 Å². The van der Waals surface area contributed by atoms with Gasteiger partial charge in [-0.15, -0.1) is 11.3 Å². The maximum Gasteiger partial charge on any atom is 0.252 e. The summed E-state index contributed by atoms with van der Waals surface area (Å²) in [4.78, 5) is 25.6. The van der Waals surface area contributed by atoms with E-state index in [-0.39, 0.29) is 31.1 Å². The van der Waals surface area contributed by atoms with E-state index in [9.17, 15) is 18.0 Å². The van der Waals surface area contributed by atoms with Crippen molar-refractivity contribution in [2.45, 2.75) is 10.8 Å². The lowest BCUT2D eigenvalue weighted by Gasteiger charge is -2.33. The SMILES string of the molecule is O=C(Cn1ccccc1=O)N1CCN(S(=O)(=O)c2cccs2)CC1. The van der Waals surface area contributed by atoms with Crippen molar-refractivity contribution < 1.29 is 13.2 Å². The maximum absolute atomic E-state index is 12.4. The minimum absolute atomic E-state index is 0.0304. The van der Waals surface area contributed by atoms with Crippen LogP contribution in [0.25, 0.3) is 0 Å². The molecule has 0 aromatic carbocycles. The molecule has 1 aliphatic rings. The van der Waals surface area contributed by atoms with Gasteiger partial charge in [0.1, 0.15) is 10.8 Å². The molecule has 1 saturated heterocycles. The average Bonchev–Trinajstić information content (AvgIpc) is 3.12. The lowest BCUT2D eigenvalue weighted by molar-refractivity contribution is -0.133. The molecule has 3 rings (SSSR count). The van der Waals surface area contributed by atoms with E-state index in [0.717, 1.165) is 0 Å². The quantitative estimate of drug-likeness (QED) is 0.786. The minimum Gasteiger partial charge on any atom is -0.339 e. The third-order valence-corrected chi connectivity index (χ3v) is 7.16. The molecule has 9 heteroatoms. The first-order valence-corrected chi connectivity index (χ1v) is 9.77. The molecule has 2 aromatic rings. The Balaban J connectivity index is 1.62. The van der Waals surface area contributed by atoms with Gasteiger partial charge in [-0.3, -0.25) is 9.59 Å². The molecular weight excluding hydrogens is 350 g/mol. The number of thiophene rings is 1. The van der Waals surface area contributed by atoms with E-state index in [1.165, 1.54) is 26.3 Å². The number of aromatic nitrogens is 1. The van der Waals surface area contributed by atoms with Crippen LogP contribution >= 0.6 is 11.3 Å². The molecule has 2 aromatic heterocycles. The molecule has 0 radical (unpaired) electrons. The molecule has 128 valence electrons. The molecule has 0 bridgehead atoms. The van der Waals surface area contributed by atoms with Crippen molar-refractivity contribution in [3.63, 3.8) is 0 Å². The van der Waals surface area contributed by atoms with E-state index in [1.807, 2.05) is 0 Å².